The molecule has 0 aromatic heterocycles. The zero-order chi connectivity index (χ0) is 14.6. The molecule has 0 heterocycles. The third-order valence-electron chi connectivity index (χ3n) is 2.92. The van der Waals surface area contributed by atoms with Crippen LogP contribution >= 0.6 is 0 Å². The molecule has 1 aromatic carbocycles. The van der Waals surface area contributed by atoms with Gasteiger partial charge in [-0.05, 0) is 30.0 Å². The molecule has 1 rings (SSSR count). The lowest BCUT2D eigenvalue weighted by molar-refractivity contribution is -0.140. The normalized spacial score (nSPS) is 12.3. The monoisotopic (exact) mass is 264 g/mol. The third kappa shape index (κ3) is 4.37. The highest BCUT2D eigenvalue weighted by Crippen LogP contribution is 2.22. The Morgan fingerprint density at radius 2 is 2.00 bits per heavy atom. The number of benzene rings is 1. The summed E-state index contributed by atoms with van der Waals surface area (Å²) in [5.41, 5.74) is 8.08. The molecule has 1 aromatic rings. The number of nitrogens with one attached hydrogen (secondary N) is 1. The van der Waals surface area contributed by atoms with Crippen molar-refractivity contribution in [1.29, 1.82) is 0 Å². The fourth-order valence-corrected chi connectivity index (χ4v) is 1.62. The Hall–Kier alpha value is -1.88. The van der Waals surface area contributed by atoms with E-state index >= 15 is 0 Å². The first-order valence-electron chi connectivity index (χ1n) is 6.20. The number of amides is 1. The van der Waals surface area contributed by atoms with Gasteiger partial charge in [-0.15, -0.1) is 0 Å². The second kappa shape index (κ2) is 6.33. The summed E-state index contributed by atoms with van der Waals surface area (Å²) in [7, 11) is 0. The van der Waals surface area contributed by atoms with Crippen LogP contribution in [0.1, 0.15) is 37.3 Å². The number of nitrogens with two attached hydrogens (primary N) is 1. The fourth-order valence-electron chi connectivity index (χ4n) is 1.62. The van der Waals surface area contributed by atoms with Gasteiger partial charge in [-0.3, -0.25) is 9.59 Å². The topological polar surface area (TPSA) is 92.4 Å². The van der Waals surface area contributed by atoms with Gasteiger partial charge in [-0.1, -0.05) is 26.0 Å². The first-order valence-corrected chi connectivity index (χ1v) is 6.20. The summed E-state index contributed by atoms with van der Waals surface area (Å²) in [5, 5.41) is 11.4. The molecule has 5 heteroatoms. The van der Waals surface area contributed by atoms with Crippen LogP contribution in [0, 0.1) is 6.92 Å². The van der Waals surface area contributed by atoms with Crippen LogP contribution in [0.15, 0.2) is 18.2 Å². The van der Waals surface area contributed by atoms with Crippen LogP contribution in [-0.4, -0.2) is 23.0 Å². The van der Waals surface area contributed by atoms with Gasteiger partial charge in [-0.25, -0.2) is 0 Å². The van der Waals surface area contributed by atoms with Crippen LogP contribution in [-0.2, 0) is 9.59 Å². The summed E-state index contributed by atoms with van der Waals surface area (Å²) in [6.45, 7) is 6.02. The molecule has 0 radical (unpaired) electrons. The van der Waals surface area contributed by atoms with Crippen LogP contribution in [0.4, 0.5) is 5.69 Å². The first kappa shape index (κ1) is 15.2. The summed E-state index contributed by atoms with van der Waals surface area (Å²) in [5.74, 6) is -1.21. The number of carboxylic acid groups (broad SMARTS) is 1. The number of carbonyl (C=O) groups excluding carboxylic acids is 1. The molecule has 104 valence electrons. The molecular weight excluding hydrogens is 244 g/mol. The average Bonchev–Trinajstić information content (AvgIpc) is 2.31. The Bertz CT molecular complexity index is 484. The maximum Gasteiger partial charge on any atom is 0.321 e. The van der Waals surface area contributed by atoms with E-state index in [4.69, 9.17) is 10.8 Å². The summed E-state index contributed by atoms with van der Waals surface area (Å²) in [4.78, 5) is 22.3. The maximum atomic E-state index is 11.7. The number of anilines is 1. The van der Waals surface area contributed by atoms with Crippen molar-refractivity contribution in [3.05, 3.63) is 29.3 Å². The smallest absolute Gasteiger partial charge is 0.321 e. The molecule has 0 saturated carbocycles. The van der Waals surface area contributed by atoms with Crippen molar-refractivity contribution >= 4 is 17.6 Å². The molecule has 0 aliphatic carbocycles. The second-order valence-electron chi connectivity index (χ2n) is 4.93. The second-order valence-corrected chi connectivity index (χ2v) is 4.93. The molecule has 1 atom stereocenters. The standard InChI is InChI=1S/C14H20N2O3/c1-8(2)10-5-4-9(3)12(6-10)16-13(17)7-11(15)14(18)19/h4-6,8,11H,7,15H2,1-3H3,(H,16,17)(H,18,19). The Morgan fingerprint density at radius 3 is 2.53 bits per heavy atom. The van der Waals surface area contributed by atoms with Crippen molar-refractivity contribution in [1.82, 2.24) is 0 Å². The largest absolute Gasteiger partial charge is 0.480 e. The van der Waals surface area contributed by atoms with Crippen molar-refractivity contribution in [2.75, 3.05) is 5.32 Å². The highest BCUT2D eigenvalue weighted by molar-refractivity contribution is 5.94. The predicted molar refractivity (Wildman–Crippen MR) is 74.1 cm³/mol. The van der Waals surface area contributed by atoms with Gasteiger partial charge in [0.2, 0.25) is 5.91 Å². The van der Waals surface area contributed by atoms with Crippen LogP contribution < -0.4 is 11.1 Å². The van der Waals surface area contributed by atoms with Crippen LogP contribution in [0.5, 0.6) is 0 Å². The molecule has 19 heavy (non-hydrogen) atoms. The Balaban J connectivity index is 2.78. The summed E-state index contributed by atoms with van der Waals surface area (Å²) in [6, 6.07) is 4.68. The molecule has 0 bridgehead atoms. The highest BCUT2D eigenvalue weighted by Gasteiger charge is 2.17. The van der Waals surface area contributed by atoms with Gasteiger partial charge in [-0.2, -0.15) is 0 Å². The van der Waals surface area contributed by atoms with Crippen molar-refractivity contribution in [2.45, 2.75) is 39.2 Å². The number of rotatable bonds is 5. The average molecular weight is 264 g/mol. The van der Waals surface area contributed by atoms with Crippen molar-refractivity contribution < 1.29 is 14.7 Å². The summed E-state index contributed by atoms with van der Waals surface area (Å²) < 4.78 is 0. The molecule has 0 aliphatic rings. The Labute approximate surface area is 112 Å². The lowest BCUT2D eigenvalue weighted by atomic mass is 10.0. The number of hydrogen-bond donors (Lipinski definition) is 3. The molecular formula is C14H20N2O3. The number of carboxylic acids is 1. The van der Waals surface area contributed by atoms with Gasteiger partial charge in [0, 0.05) is 5.69 Å². The highest BCUT2D eigenvalue weighted by atomic mass is 16.4. The minimum absolute atomic E-state index is 0.235. The van der Waals surface area contributed by atoms with E-state index in [1.54, 1.807) is 0 Å². The van der Waals surface area contributed by atoms with E-state index in [-0.39, 0.29) is 12.3 Å². The van der Waals surface area contributed by atoms with Gasteiger partial charge >= 0.3 is 5.97 Å². The molecule has 0 saturated heterocycles. The van der Waals surface area contributed by atoms with Crippen molar-refractivity contribution in [2.24, 2.45) is 5.73 Å². The molecule has 1 amide bonds. The quantitative estimate of drug-likeness (QED) is 0.756. The lowest BCUT2D eigenvalue weighted by Gasteiger charge is -2.13. The van der Waals surface area contributed by atoms with E-state index < -0.39 is 12.0 Å². The van der Waals surface area contributed by atoms with E-state index in [2.05, 4.69) is 19.2 Å². The van der Waals surface area contributed by atoms with Crippen LogP contribution in [0.3, 0.4) is 0 Å². The van der Waals surface area contributed by atoms with Gasteiger partial charge in [0.05, 0.1) is 6.42 Å². The summed E-state index contributed by atoms with van der Waals surface area (Å²) in [6.07, 6.45) is -0.235. The van der Waals surface area contributed by atoms with Crippen LogP contribution in [0.2, 0.25) is 0 Å². The van der Waals surface area contributed by atoms with Gasteiger partial charge in [0.1, 0.15) is 6.04 Å². The zero-order valence-electron chi connectivity index (χ0n) is 11.4. The Morgan fingerprint density at radius 1 is 1.37 bits per heavy atom. The maximum absolute atomic E-state index is 11.7. The number of aryl methyl sites for hydroxylation is 1. The van der Waals surface area contributed by atoms with E-state index in [0.717, 1.165) is 11.1 Å². The number of aliphatic carboxylic acids is 1. The van der Waals surface area contributed by atoms with E-state index in [1.165, 1.54) is 0 Å². The molecule has 0 spiro atoms. The Kier molecular flexibility index (Phi) is 5.06. The predicted octanol–water partition coefficient (Wildman–Crippen LogP) is 1.86. The number of carbonyl (C=O) groups is 2. The molecule has 1 unspecified atom stereocenters. The number of hydrogen-bond acceptors (Lipinski definition) is 3. The first-order chi connectivity index (χ1) is 8.81. The van der Waals surface area contributed by atoms with Crippen LogP contribution in [0.25, 0.3) is 0 Å². The van der Waals surface area contributed by atoms with Crippen molar-refractivity contribution in [3.63, 3.8) is 0 Å². The van der Waals surface area contributed by atoms with E-state index in [0.29, 0.717) is 11.6 Å². The molecule has 5 nitrogen and oxygen atoms in total. The SMILES string of the molecule is Cc1ccc(C(C)C)cc1NC(=O)CC(N)C(=O)O. The lowest BCUT2D eigenvalue weighted by Crippen LogP contribution is -2.34. The fraction of sp³-hybridized carbons (Fsp3) is 0.429. The van der Waals surface area contributed by atoms with E-state index in [9.17, 15) is 9.59 Å². The van der Waals surface area contributed by atoms with Crippen molar-refractivity contribution in [3.8, 4) is 0 Å². The molecule has 4 N–H and O–H groups in total. The summed E-state index contributed by atoms with van der Waals surface area (Å²) >= 11 is 0. The minimum atomic E-state index is -1.18. The molecule has 0 aliphatic heterocycles. The van der Waals surface area contributed by atoms with E-state index in [1.807, 2.05) is 25.1 Å². The van der Waals surface area contributed by atoms with Gasteiger partial charge in [0.25, 0.3) is 0 Å². The van der Waals surface area contributed by atoms with Gasteiger partial charge < -0.3 is 16.2 Å². The van der Waals surface area contributed by atoms with Gasteiger partial charge in [0.15, 0.2) is 0 Å². The minimum Gasteiger partial charge on any atom is -0.480 e. The third-order valence-corrected chi connectivity index (χ3v) is 2.92. The molecule has 0 fully saturated rings. The zero-order valence-corrected chi connectivity index (χ0v) is 11.4.